The molecule has 0 fully saturated rings. The molecule has 1 aliphatic rings. The summed E-state index contributed by atoms with van der Waals surface area (Å²) in [6, 6.07) is 19.5. The van der Waals surface area contributed by atoms with Crippen LogP contribution in [0.1, 0.15) is 68.6 Å². The van der Waals surface area contributed by atoms with E-state index in [-0.39, 0.29) is 24.3 Å². The molecule has 0 spiro atoms. The Kier molecular flexibility index (Phi) is 8.62. The van der Waals surface area contributed by atoms with E-state index in [1.165, 1.54) is 6.07 Å². The summed E-state index contributed by atoms with van der Waals surface area (Å²) in [7, 11) is 0. The topological polar surface area (TPSA) is 132 Å². The molecule has 0 saturated carbocycles. The van der Waals surface area contributed by atoms with Crippen LogP contribution in [-0.2, 0) is 25.5 Å². The number of carboxylic acids is 1. The molecule has 1 aliphatic carbocycles. The third kappa shape index (κ3) is 6.88. The Labute approximate surface area is 267 Å². The fraction of sp³-hybridized carbons (Fsp3) is 0.297. The zero-order valence-electron chi connectivity index (χ0n) is 26.7. The number of esters is 1. The van der Waals surface area contributed by atoms with E-state index >= 15 is 0 Å². The lowest BCUT2D eigenvalue weighted by Gasteiger charge is -2.28. The highest BCUT2D eigenvalue weighted by Gasteiger charge is 2.37. The van der Waals surface area contributed by atoms with Crippen LogP contribution in [0.4, 0.5) is 0 Å². The van der Waals surface area contributed by atoms with Crippen molar-refractivity contribution in [3.63, 3.8) is 0 Å². The first-order valence-corrected chi connectivity index (χ1v) is 15.0. The molecule has 1 heterocycles. The van der Waals surface area contributed by atoms with Gasteiger partial charge in [-0.25, -0.2) is 9.59 Å². The van der Waals surface area contributed by atoms with Crippen LogP contribution in [0.15, 0.2) is 78.5 Å². The summed E-state index contributed by atoms with van der Waals surface area (Å²) < 4.78 is 16.7. The lowest BCUT2D eigenvalue weighted by Crippen LogP contribution is -2.39. The van der Waals surface area contributed by atoms with Gasteiger partial charge >= 0.3 is 11.9 Å². The molecule has 0 radical (unpaired) electrons. The van der Waals surface area contributed by atoms with Gasteiger partial charge in [-0.15, -0.1) is 0 Å². The van der Waals surface area contributed by atoms with Gasteiger partial charge in [0, 0.05) is 45.6 Å². The first-order valence-electron chi connectivity index (χ1n) is 15.0. The van der Waals surface area contributed by atoms with Gasteiger partial charge in [0.15, 0.2) is 12.7 Å². The Hall–Kier alpha value is -5.18. The van der Waals surface area contributed by atoms with Crippen molar-refractivity contribution in [3.8, 4) is 11.5 Å². The first-order chi connectivity index (χ1) is 21.6. The molecule has 0 amide bonds. The van der Waals surface area contributed by atoms with Gasteiger partial charge in [0.05, 0.1) is 0 Å². The number of hydrogen-bond acceptors (Lipinski definition) is 7. The average Bonchev–Trinajstić information content (AvgIpc) is 3.40. The molecule has 1 aromatic heterocycles. The van der Waals surface area contributed by atoms with Gasteiger partial charge in [0.25, 0.3) is 0 Å². The van der Waals surface area contributed by atoms with E-state index < -0.39 is 40.6 Å². The molecule has 46 heavy (non-hydrogen) atoms. The number of allylic oxidation sites excluding steroid dienone is 1. The number of ether oxygens (including phenoxy) is 3. The number of nitrogens with one attached hydrogen (secondary N) is 1. The number of fused-ring (bicyclic) bond motifs is 2. The second-order valence-corrected chi connectivity index (χ2v) is 13.4. The highest BCUT2D eigenvalue weighted by atomic mass is 16.6. The van der Waals surface area contributed by atoms with Crippen LogP contribution in [0, 0.1) is 5.41 Å². The average molecular weight is 624 g/mol. The Morgan fingerprint density at radius 1 is 0.826 bits per heavy atom. The quantitative estimate of drug-likeness (QED) is 0.158. The predicted octanol–water partition coefficient (Wildman–Crippen LogP) is 6.58. The van der Waals surface area contributed by atoms with Gasteiger partial charge in [-0.05, 0) is 73.9 Å². The zero-order chi connectivity index (χ0) is 33.4. The molecule has 0 saturated heterocycles. The van der Waals surface area contributed by atoms with Crippen molar-refractivity contribution in [1.29, 1.82) is 0 Å². The summed E-state index contributed by atoms with van der Waals surface area (Å²) in [5.74, 6) is -2.32. The second-order valence-electron chi connectivity index (χ2n) is 13.4. The van der Waals surface area contributed by atoms with Gasteiger partial charge in [-0.1, -0.05) is 51.1 Å². The molecule has 1 atom stereocenters. The first kappa shape index (κ1) is 32.2. The molecule has 0 aliphatic heterocycles. The van der Waals surface area contributed by atoms with Gasteiger partial charge < -0.3 is 24.3 Å². The van der Waals surface area contributed by atoms with Crippen LogP contribution in [0.25, 0.3) is 16.5 Å². The van der Waals surface area contributed by atoms with Gasteiger partial charge in [0.1, 0.15) is 17.1 Å². The fourth-order valence-electron chi connectivity index (χ4n) is 5.45. The number of aliphatic carboxylic acids is 1. The summed E-state index contributed by atoms with van der Waals surface area (Å²) in [5, 5.41) is 10.7. The Morgan fingerprint density at radius 2 is 1.50 bits per heavy atom. The van der Waals surface area contributed by atoms with E-state index in [1.54, 1.807) is 77.9 Å². The normalized spacial score (nSPS) is 14.2. The van der Waals surface area contributed by atoms with E-state index in [9.17, 15) is 24.3 Å². The summed E-state index contributed by atoms with van der Waals surface area (Å²) in [4.78, 5) is 54.8. The van der Waals surface area contributed by atoms with Crippen LogP contribution < -0.4 is 9.47 Å². The predicted molar refractivity (Wildman–Crippen MR) is 173 cm³/mol. The van der Waals surface area contributed by atoms with Crippen molar-refractivity contribution in [3.05, 3.63) is 101 Å². The molecule has 5 rings (SSSR count). The molecule has 0 bridgehead atoms. The van der Waals surface area contributed by atoms with Crippen LogP contribution >= 0.6 is 0 Å². The monoisotopic (exact) mass is 623 g/mol. The van der Waals surface area contributed by atoms with Crippen LogP contribution in [0.2, 0.25) is 0 Å². The molecular formula is C37H37NO8. The van der Waals surface area contributed by atoms with E-state index in [0.717, 1.165) is 22.0 Å². The summed E-state index contributed by atoms with van der Waals surface area (Å²) in [6.45, 7) is 10.4. The molecule has 9 heteroatoms. The third-order valence-electron chi connectivity index (χ3n) is 7.49. The number of carbonyl (C=O) groups is 4. The molecule has 2 N–H and O–H groups in total. The summed E-state index contributed by atoms with van der Waals surface area (Å²) in [5.41, 5.74) is 2.69. The van der Waals surface area contributed by atoms with E-state index in [0.29, 0.717) is 22.5 Å². The number of Topliss-reactive ketones (excluding diaryl/α,β-unsaturated/α-hetero) is 2. The number of carbonyl (C=O) groups excluding carboxylic acids is 3. The number of H-pyrrole nitrogens is 1. The van der Waals surface area contributed by atoms with Crippen molar-refractivity contribution >= 4 is 40.0 Å². The highest BCUT2D eigenvalue weighted by Crippen LogP contribution is 2.40. The second kappa shape index (κ2) is 12.3. The molecule has 238 valence electrons. The minimum atomic E-state index is -1.17. The molecule has 3 aromatic carbocycles. The number of rotatable bonds is 9. The van der Waals surface area contributed by atoms with Gasteiger partial charge in [-0.3, -0.25) is 9.59 Å². The molecule has 1 unspecified atom stereocenters. The van der Waals surface area contributed by atoms with Crippen LogP contribution in [0.5, 0.6) is 11.5 Å². The number of aromatic amines is 1. The van der Waals surface area contributed by atoms with Gasteiger partial charge in [0.2, 0.25) is 11.6 Å². The van der Waals surface area contributed by atoms with Crippen molar-refractivity contribution in [2.45, 2.75) is 59.7 Å². The fourth-order valence-corrected chi connectivity index (χ4v) is 5.45. The number of aromatic nitrogens is 1. The number of ketones is 2. The Balaban J connectivity index is 1.53. The third-order valence-corrected chi connectivity index (χ3v) is 7.49. The van der Waals surface area contributed by atoms with Crippen molar-refractivity contribution in [2.24, 2.45) is 5.41 Å². The van der Waals surface area contributed by atoms with E-state index in [4.69, 9.17) is 14.2 Å². The van der Waals surface area contributed by atoms with Crippen LogP contribution in [-0.4, -0.2) is 51.9 Å². The Morgan fingerprint density at radius 3 is 2.15 bits per heavy atom. The van der Waals surface area contributed by atoms with Gasteiger partial charge in [-0.2, -0.15) is 0 Å². The summed E-state index contributed by atoms with van der Waals surface area (Å²) in [6.07, 6.45) is 0.815. The van der Waals surface area contributed by atoms with Crippen molar-refractivity contribution in [2.75, 3.05) is 6.61 Å². The van der Waals surface area contributed by atoms with E-state index in [2.05, 4.69) is 4.98 Å². The SMILES string of the molecule is CC(C)(C)OC(=O)COc1ccc(CC2=C(c3c[nH]c4ccccc34)c3ccc(OC(C(=O)O)C(C)(C)C)cc3C(=O)C2=O)cc1. The van der Waals surface area contributed by atoms with Crippen LogP contribution in [0.3, 0.4) is 0 Å². The number of hydrogen-bond donors (Lipinski definition) is 2. The maximum absolute atomic E-state index is 13.9. The minimum absolute atomic E-state index is 0.149. The maximum Gasteiger partial charge on any atom is 0.345 e. The number of carboxylic acid groups (broad SMARTS) is 1. The lowest BCUT2D eigenvalue weighted by atomic mass is 9.78. The number of benzene rings is 3. The smallest absolute Gasteiger partial charge is 0.345 e. The highest BCUT2D eigenvalue weighted by molar-refractivity contribution is 6.53. The summed E-state index contributed by atoms with van der Waals surface area (Å²) >= 11 is 0. The molecular weight excluding hydrogens is 586 g/mol. The maximum atomic E-state index is 13.9. The standard InChI is InChI=1S/C37H37NO8/c1-36(2,3)34(35(42)43)45-23-15-16-25-26(18-23)32(40)33(41)27(31(25)28-19-38-29-10-8-7-9-24(28)29)17-21-11-13-22(14-12-21)44-20-30(39)46-37(4,5)6/h7-16,18-19,34,38H,17,20H2,1-6H3,(H,42,43). The Bertz CT molecular complexity index is 1870. The number of para-hydroxylation sites is 1. The van der Waals surface area contributed by atoms with E-state index in [1.807, 2.05) is 30.5 Å². The molecule has 9 nitrogen and oxygen atoms in total. The zero-order valence-corrected chi connectivity index (χ0v) is 26.7. The molecule has 4 aromatic rings. The largest absolute Gasteiger partial charge is 0.482 e. The van der Waals surface area contributed by atoms with Crippen molar-refractivity contribution < 1.29 is 38.5 Å². The minimum Gasteiger partial charge on any atom is -0.482 e. The van der Waals surface area contributed by atoms with Crippen molar-refractivity contribution in [1.82, 2.24) is 4.98 Å². The lowest BCUT2D eigenvalue weighted by molar-refractivity contribution is -0.157.